The summed E-state index contributed by atoms with van der Waals surface area (Å²) in [5.41, 5.74) is 4.28. The molecule has 1 aromatic heterocycles. The van der Waals surface area contributed by atoms with Crippen molar-refractivity contribution in [1.29, 1.82) is 0 Å². The van der Waals surface area contributed by atoms with Gasteiger partial charge in [0.25, 0.3) is 0 Å². The topological polar surface area (TPSA) is 114 Å². The van der Waals surface area contributed by atoms with E-state index < -0.39 is 18.2 Å². The Morgan fingerprint density at radius 2 is 2.00 bits per heavy atom. The first-order valence-electron chi connectivity index (χ1n) is 16.5. The summed E-state index contributed by atoms with van der Waals surface area (Å²) in [6.07, 6.45) is 14.0. The van der Waals surface area contributed by atoms with Gasteiger partial charge in [-0.2, -0.15) is 0 Å². The minimum absolute atomic E-state index is 0.297. The summed E-state index contributed by atoms with van der Waals surface area (Å²) in [5.74, 6) is 1.27. The summed E-state index contributed by atoms with van der Waals surface area (Å²) < 4.78 is 23.0. The summed E-state index contributed by atoms with van der Waals surface area (Å²) in [4.78, 5) is 35.6. The number of methoxy groups -OCH3 is 1. The molecule has 0 saturated heterocycles. The number of aromatic amines is 1. The standard InChI is InChI=1S/C37H41ClN4O6/c1-3-46-36(43)25-7-11-28(12-8-25)48-37(44)42-18-16-29-30-21-27(38)10-13-31(30)41-34(29)35(42)26-9-14-32(33(20-26)45-2)47-19-5-4-6-24-15-17-39-23-40-22-24/h7-11,13-15,17,20-21,23-24,28,35,41H,3-6,12,16,18-19,22H2,1-2H3,(H,39,40). The number of benzene rings is 2. The lowest BCUT2D eigenvalue weighted by Gasteiger charge is -2.36. The molecule has 1 aliphatic carbocycles. The van der Waals surface area contributed by atoms with E-state index in [2.05, 4.69) is 21.4 Å². The van der Waals surface area contributed by atoms with Crippen molar-refractivity contribution >= 4 is 40.9 Å². The lowest BCUT2D eigenvalue weighted by molar-refractivity contribution is -0.138. The number of unbranched alkanes of at least 4 members (excludes halogenated alkanes) is 1. The van der Waals surface area contributed by atoms with Gasteiger partial charge >= 0.3 is 12.1 Å². The summed E-state index contributed by atoms with van der Waals surface area (Å²) in [6, 6.07) is 11.1. The second kappa shape index (κ2) is 15.5. The first kappa shape index (κ1) is 33.2. The van der Waals surface area contributed by atoms with Crippen LogP contribution in [0, 0.1) is 5.92 Å². The molecule has 6 rings (SSSR count). The number of hydrogen-bond acceptors (Lipinski definition) is 8. The molecule has 1 amide bonds. The quantitative estimate of drug-likeness (QED) is 0.166. The number of ether oxygens (including phenoxy) is 4. The van der Waals surface area contributed by atoms with Gasteiger partial charge in [-0.3, -0.25) is 9.89 Å². The highest BCUT2D eigenvalue weighted by molar-refractivity contribution is 6.31. The third kappa shape index (κ3) is 7.54. The first-order chi connectivity index (χ1) is 23.4. The Balaban J connectivity index is 1.20. The molecule has 10 nitrogen and oxygen atoms in total. The highest BCUT2D eigenvalue weighted by Crippen LogP contribution is 2.42. The number of nitrogens with zero attached hydrogens (tertiary/aromatic N) is 2. The van der Waals surface area contributed by atoms with Crippen LogP contribution in [0.25, 0.3) is 10.9 Å². The van der Waals surface area contributed by atoms with E-state index in [4.69, 9.17) is 30.5 Å². The zero-order valence-electron chi connectivity index (χ0n) is 27.2. The molecular weight excluding hydrogens is 632 g/mol. The van der Waals surface area contributed by atoms with Crippen LogP contribution in [0.3, 0.4) is 0 Å². The van der Waals surface area contributed by atoms with Crippen LogP contribution < -0.4 is 14.8 Å². The van der Waals surface area contributed by atoms with E-state index >= 15 is 0 Å². The van der Waals surface area contributed by atoms with E-state index in [0.29, 0.717) is 60.6 Å². The van der Waals surface area contributed by atoms with Crippen LogP contribution in [-0.2, 0) is 20.7 Å². The number of carbonyl (C=O) groups is 2. The van der Waals surface area contributed by atoms with Crippen LogP contribution in [0.1, 0.15) is 55.5 Å². The molecule has 0 bridgehead atoms. The van der Waals surface area contributed by atoms with Gasteiger partial charge in [-0.15, -0.1) is 0 Å². The van der Waals surface area contributed by atoms with E-state index in [9.17, 15) is 9.59 Å². The number of esters is 1. The molecule has 2 aliphatic heterocycles. The molecule has 2 N–H and O–H groups in total. The molecule has 2 aromatic carbocycles. The monoisotopic (exact) mass is 672 g/mol. The predicted molar refractivity (Wildman–Crippen MR) is 186 cm³/mol. The van der Waals surface area contributed by atoms with Crippen LogP contribution in [0.5, 0.6) is 11.5 Å². The number of fused-ring (bicyclic) bond motifs is 3. The van der Waals surface area contributed by atoms with Gasteiger partial charge in [0.2, 0.25) is 0 Å². The van der Waals surface area contributed by atoms with Crippen LogP contribution in [0.2, 0.25) is 5.02 Å². The normalized spacial score (nSPS) is 20.0. The van der Waals surface area contributed by atoms with E-state index in [1.54, 1.807) is 43.5 Å². The molecule has 0 fully saturated rings. The van der Waals surface area contributed by atoms with Crippen molar-refractivity contribution in [3.8, 4) is 11.5 Å². The van der Waals surface area contributed by atoms with Crippen molar-refractivity contribution in [2.45, 2.75) is 51.2 Å². The molecule has 3 aliphatic rings. The van der Waals surface area contributed by atoms with Gasteiger partial charge in [0.1, 0.15) is 12.1 Å². The van der Waals surface area contributed by atoms with Crippen molar-refractivity contribution in [2.75, 3.05) is 33.4 Å². The lowest BCUT2D eigenvalue weighted by Crippen LogP contribution is -2.42. The van der Waals surface area contributed by atoms with Gasteiger partial charge in [-0.1, -0.05) is 29.8 Å². The molecule has 11 heteroatoms. The van der Waals surface area contributed by atoms with E-state index in [1.807, 2.05) is 42.6 Å². The Kier molecular flexibility index (Phi) is 10.7. The van der Waals surface area contributed by atoms with Crippen molar-refractivity contribution in [3.05, 3.63) is 94.3 Å². The van der Waals surface area contributed by atoms with Gasteiger partial charge in [0, 0.05) is 41.1 Å². The Morgan fingerprint density at radius 1 is 1.10 bits per heavy atom. The van der Waals surface area contributed by atoms with Crippen LogP contribution in [0.4, 0.5) is 4.79 Å². The average Bonchev–Trinajstić information content (AvgIpc) is 3.26. The van der Waals surface area contributed by atoms with Crippen LogP contribution in [0.15, 0.2) is 77.5 Å². The zero-order chi connectivity index (χ0) is 33.5. The second-order valence-electron chi connectivity index (χ2n) is 12.0. The zero-order valence-corrected chi connectivity index (χ0v) is 28.0. The summed E-state index contributed by atoms with van der Waals surface area (Å²) >= 11 is 6.39. The minimum Gasteiger partial charge on any atom is -0.493 e. The molecule has 3 aromatic rings. The minimum atomic E-state index is -0.507. The number of nitrogens with one attached hydrogen (secondary N) is 2. The predicted octanol–water partition coefficient (Wildman–Crippen LogP) is 7.04. The van der Waals surface area contributed by atoms with E-state index in [0.717, 1.165) is 53.5 Å². The number of rotatable bonds is 11. The highest BCUT2D eigenvalue weighted by atomic mass is 35.5. The molecule has 48 heavy (non-hydrogen) atoms. The molecule has 3 unspecified atom stereocenters. The van der Waals surface area contributed by atoms with E-state index in [-0.39, 0.29) is 5.97 Å². The third-order valence-electron chi connectivity index (χ3n) is 8.85. The van der Waals surface area contributed by atoms with Crippen LogP contribution in [-0.4, -0.2) is 67.8 Å². The van der Waals surface area contributed by atoms with Gasteiger partial charge in [0.15, 0.2) is 11.5 Å². The van der Waals surface area contributed by atoms with Crippen molar-refractivity contribution < 1.29 is 28.5 Å². The third-order valence-corrected chi connectivity index (χ3v) is 9.08. The van der Waals surface area contributed by atoms with Gasteiger partial charge < -0.3 is 29.2 Å². The van der Waals surface area contributed by atoms with Gasteiger partial charge in [-0.05, 0) is 98.3 Å². The smallest absolute Gasteiger partial charge is 0.411 e. The summed E-state index contributed by atoms with van der Waals surface area (Å²) in [5, 5.41) is 4.72. The van der Waals surface area contributed by atoms with E-state index in [1.165, 1.54) is 0 Å². The maximum absolute atomic E-state index is 13.9. The SMILES string of the molecule is CCOC(=O)C1=CCC(OC(=O)N2CCc3c([nH]c4ccc(Cl)cc34)C2c2ccc(OCCCCC3C=CNC=NC3)c(OC)c2)C=C1. The van der Waals surface area contributed by atoms with Crippen LogP contribution >= 0.6 is 11.6 Å². The molecule has 3 heterocycles. The fraction of sp³-hybridized carbons (Fsp3) is 0.378. The molecule has 3 atom stereocenters. The Morgan fingerprint density at radius 3 is 2.81 bits per heavy atom. The number of hydrogen-bond donors (Lipinski definition) is 2. The number of aliphatic imine (C=N–C) groups is 1. The van der Waals surface area contributed by atoms with Gasteiger partial charge in [-0.25, -0.2) is 9.59 Å². The number of H-pyrrole nitrogens is 1. The Bertz CT molecular complexity index is 1760. The molecule has 0 saturated carbocycles. The largest absolute Gasteiger partial charge is 0.493 e. The maximum Gasteiger partial charge on any atom is 0.411 e. The lowest BCUT2D eigenvalue weighted by atomic mass is 9.92. The fourth-order valence-corrected chi connectivity index (χ4v) is 6.62. The Hall–Kier alpha value is -4.70. The van der Waals surface area contributed by atoms with Gasteiger partial charge in [0.05, 0.1) is 32.2 Å². The fourth-order valence-electron chi connectivity index (χ4n) is 6.44. The number of aromatic nitrogens is 1. The maximum atomic E-state index is 13.9. The Labute approximate surface area is 285 Å². The number of carbonyl (C=O) groups excluding carboxylic acids is 2. The molecule has 252 valence electrons. The number of halogens is 1. The van der Waals surface area contributed by atoms with Crippen molar-refractivity contribution in [2.24, 2.45) is 10.9 Å². The van der Waals surface area contributed by atoms with Crippen molar-refractivity contribution in [3.63, 3.8) is 0 Å². The highest BCUT2D eigenvalue weighted by Gasteiger charge is 2.37. The van der Waals surface area contributed by atoms with Crippen molar-refractivity contribution in [1.82, 2.24) is 15.2 Å². The molecule has 0 radical (unpaired) electrons. The number of amides is 1. The average molecular weight is 673 g/mol. The first-order valence-corrected chi connectivity index (χ1v) is 16.9. The summed E-state index contributed by atoms with van der Waals surface area (Å²) in [6.45, 7) is 3.85. The second-order valence-corrected chi connectivity index (χ2v) is 12.4. The molecule has 0 spiro atoms. The summed E-state index contributed by atoms with van der Waals surface area (Å²) in [7, 11) is 1.62. The molecular formula is C37H41ClN4O6.